The van der Waals surface area contributed by atoms with Crippen LogP contribution in [0.5, 0.6) is 0 Å². The van der Waals surface area contributed by atoms with Gasteiger partial charge in [0.15, 0.2) is 11.9 Å². The number of halogens is 3. The maximum atomic E-state index is 14.1. The zero-order valence-corrected chi connectivity index (χ0v) is 26.1. The zero-order chi connectivity index (χ0) is 31.5. The van der Waals surface area contributed by atoms with E-state index in [0.29, 0.717) is 32.1 Å². The standard InChI is InChI=1S/C30H49F3O10/c1-25(2)41-14-28-22(43-25)11-18(39-15-36-4)12-27(28,35)9-7-19-23(28)21(40-16-37-5)13-26(3)20(24(34)30(31,32)33)8-10-29(19,26)42-17-38-6/h18-24,34-35H,7-17H2,1-6H3/t18-,19?,20+,21+,22+,23?,24?,26+,27-,28-,29-/m0/s1. The highest BCUT2D eigenvalue weighted by Gasteiger charge is 2.78. The van der Waals surface area contributed by atoms with Gasteiger partial charge in [-0.15, -0.1) is 0 Å². The number of methoxy groups -OCH3 is 3. The highest BCUT2D eigenvalue weighted by Crippen LogP contribution is 2.73. The lowest BCUT2D eigenvalue weighted by molar-refractivity contribution is -0.409. The van der Waals surface area contributed by atoms with Gasteiger partial charge in [0, 0.05) is 51.4 Å². The van der Waals surface area contributed by atoms with E-state index in [1.807, 2.05) is 13.8 Å². The molecule has 0 radical (unpaired) electrons. The molecule has 0 bridgehead atoms. The monoisotopic (exact) mass is 626 g/mol. The summed E-state index contributed by atoms with van der Waals surface area (Å²) < 4.78 is 90.0. The molecule has 11 atom stereocenters. The summed E-state index contributed by atoms with van der Waals surface area (Å²) in [5, 5.41) is 23.4. The molecule has 250 valence electrons. The quantitative estimate of drug-likeness (QED) is 0.348. The van der Waals surface area contributed by atoms with E-state index in [9.17, 15) is 23.4 Å². The number of hydrogen-bond donors (Lipinski definition) is 2. The van der Waals surface area contributed by atoms with Gasteiger partial charge >= 0.3 is 6.18 Å². The van der Waals surface area contributed by atoms with Crippen LogP contribution >= 0.6 is 0 Å². The Morgan fingerprint density at radius 3 is 2.26 bits per heavy atom. The fourth-order valence-corrected chi connectivity index (χ4v) is 10.1. The molecule has 10 nitrogen and oxygen atoms in total. The van der Waals surface area contributed by atoms with Crippen molar-refractivity contribution in [1.82, 2.24) is 0 Å². The molecule has 0 amide bonds. The van der Waals surface area contributed by atoms with Crippen LogP contribution in [0, 0.1) is 28.6 Å². The van der Waals surface area contributed by atoms with Gasteiger partial charge in [0.1, 0.15) is 20.4 Å². The van der Waals surface area contributed by atoms with Gasteiger partial charge in [-0.05, 0) is 51.9 Å². The normalized spacial score (nSPS) is 46.4. The lowest BCUT2D eigenvalue weighted by Gasteiger charge is -2.71. The Kier molecular flexibility index (Phi) is 9.32. The number of ether oxygens (including phenoxy) is 8. The number of rotatable bonds is 10. The molecule has 3 unspecified atom stereocenters. The molecular formula is C30H49F3O10. The van der Waals surface area contributed by atoms with Gasteiger partial charge in [-0.2, -0.15) is 13.2 Å². The number of aliphatic hydroxyl groups excluding tert-OH is 1. The maximum Gasteiger partial charge on any atom is 0.414 e. The first kappa shape index (κ1) is 33.7. The summed E-state index contributed by atoms with van der Waals surface area (Å²) in [6, 6.07) is 0. The van der Waals surface area contributed by atoms with Gasteiger partial charge < -0.3 is 48.1 Å². The lowest BCUT2D eigenvalue weighted by Crippen LogP contribution is -2.78. The van der Waals surface area contributed by atoms with Gasteiger partial charge in [0.2, 0.25) is 0 Å². The molecule has 13 heteroatoms. The third-order valence-corrected chi connectivity index (χ3v) is 11.7. The van der Waals surface area contributed by atoms with Crippen molar-refractivity contribution in [3.8, 4) is 0 Å². The van der Waals surface area contributed by atoms with E-state index in [4.69, 9.17) is 37.9 Å². The van der Waals surface area contributed by atoms with Crippen molar-refractivity contribution in [2.75, 3.05) is 48.3 Å². The molecule has 0 aromatic rings. The zero-order valence-electron chi connectivity index (χ0n) is 26.1. The topological polar surface area (TPSA) is 114 Å². The van der Waals surface area contributed by atoms with Gasteiger partial charge in [-0.25, -0.2) is 0 Å². The van der Waals surface area contributed by atoms with Crippen molar-refractivity contribution in [1.29, 1.82) is 0 Å². The molecule has 4 aliphatic carbocycles. The number of hydrogen-bond acceptors (Lipinski definition) is 10. The van der Waals surface area contributed by atoms with Crippen LogP contribution in [0.1, 0.15) is 65.7 Å². The summed E-state index contributed by atoms with van der Waals surface area (Å²) in [7, 11) is 4.52. The highest BCUT2D eigenvalue weighted by atomic mass is 19.4. The van der Waals surface area contributed by atoms with Gasteiger partial charge in [0.25, 0.3) is 0 Å². The summed E-state index contributed by atoms with van der Waals surface area (Å²) in [4.78, 5) is 0. The minimum absolute atomic E-state index is 0.0707. The molecule has 1 saturated heterocycles. The van der Waals surface area contributed by atoms with Crippen LogP contribution in [0.4, 0.5) is 13.2 Å². The Morgan fingerprint density at radius 1 is 0.930 bits per heavy atom. The minimum Gasteiger partial charge on any atom is -0.389 e. The fourth-order valence-electron chi connectivity index (χ4n) is 10.1. The second-order valence-corrected chi connectivity index (χ2v) is 14.0. The fraction of sp³-hybridized carbons (Fsp3) is 1.00. The van der Waals surface area contributed by atoms with E-state index >= 15 is 0 Å². The van der Waals surface area contributed by atoms with Crippen molar-refractivity contribution < 1.29 is 61.3 Å². The van der Waals surface area contributed by atoms with E-state index in [-0.39, 0.29) is 51.8 Å². The Bertz CT molecular complexity index is 984. The Balaban J connectivity index is 1.65. The summed E-state index contributed by atoms with van der Waals surface area (Å²) >= 11 is 0. The van der Waals surface area contributed by atoms with E-state index in [2.05, 4.69) is 0 Å². The lowest BCUT2D eigenvalue weighted by atomic mass is 9.40. The molecule has 1 aliphatic heterocycles. The van der Waals surface area contributed by atoms with E-state index in [0.717, 1.165) is 0 Å². The average molecular weight is 627 g/mol. The molecule has 5 fully saturated rings. The SMILES string of the molecule is COCO[C@H]1C[C@H]2OC(C)(C)OC[C@@]23C2C(CC[C@]3(O)C1)[C@@]1(OCOC)CC[C@H](C(O)C(F)(F)F)[C@@]1(C)C[C@H]2OCOC. The van der Waals surface area contributed by atoms with Crippen molar-refractivity contribution in [3.05, 3.63) is 0 Å². The molecule has 5 rings (SSSR count). The predicted molar refractivity (Wildman–Crippen MR) is 144 cm³/mol. The minimum atomic E-state index is -4.79. The second-order valence-electron chi connectivity index (χ2n) is 14.0. The van der Waals surface area contributed by atoms with Gasteiger partial charge in [0.05, 0.1) is 41.5 Å². The number of alkyl halides is 3. The van der Waals surface area contributed by atoms with Crippen LogP contribution in [0.2, 0.25) is 0 Å². The molecule has 1 heterocycles. The van der Waals surface area contributed by atoms with Crippen molar-refractivity contribution in [2.24, 2.45) is 28.6 Å². The first-order chi connectivity index (χ1) is 20.1. The summed E-state index contributed by atoms with van der Waals surface area (Å²) in [5.41, 5.74) is -4.49. The summed E-state index contributed by atoms with van der Waals surface area (Å²) in [6.45, 7) is 5.48. The van der Waals surface area contributed by atoms with Crippen molar-refractivity contribution >= 4 is 0 Å². The van der Waals surface area contributed by atoms with Crippen LogP contribution in [0.3, 0.4) is 0 Å². The predicted octanol–water partition coefficient (Wildman–Crippen LogP) is 3.76. The van der Waals surface area contributed by atoms with E-state index in [1.165, 1.54) is 14.2 Å². The Hall–Kier alpha value is -0.610. The molecule has 43 heavy (non-hydrogen) atoms. The van der Waals surface area contributed by atoms with Crippen LogP contribution < -0.4 is 0 Å². The first-order valence-electron chi connectivity index (χ1n) is 15.3. The molecular weight excluding hydrogens is 577 g/mol. The molecule has 0 aromatic heterocycles. The number of fused-ring (bicyclic) bond motifs is 3. The largest absolute Gasteiger partial charge is 0.414 e. The second kappa shape index (κ2) is 11.9. The van der Waals surface area contributed by atoms with Crippen LogP contribution in [0.15, 0.2) is 0 Å². The van der Waals surface area contributed by atoms with Crippen molar-refractivity contribution in [2.45, 2.75) is 113 Å². The van der Waals surface area contributed by atoms with E-state index in [1.54, 1.807) is 14.0 Å². The van der Waals surface area contributed by atoms with Crippen LogP contribution in [0.25, 0.3) is 0 Å². The Morgan fingerprint density at radius 2 is 1.60 bits per heavy atom. The molecule has 0 aromatic carbocycles. The van der Waals surface area contributed by atoms with Gasteiger partial charge in [-0.3, -0.25) is 0 Å². The molecule has 1 spiro atoms. The summed E-state index contributed by atoms with van der Waals surface area (Å²) in [6.07, 6.45) is -6.66. The average Bonchev–Trinajstić information content (AvgIpc) is 3.23. The smallest absolute Gasteiger partial charge is 0.389 e. The number of aliphatic hydroxyl groups is 2. The molecule has 5 aliphatic rings. The Labute approximate surface area is 251 Å². The third-order valence-electron chi connectivity index (χ3n) is 11.7. The third kappa shape index (κ3) is 5.27. The molecule has 2 N–H and O–H groups in total. The van der Waals surface area contributed by atoms with E-state index < -0.39 is 64.1 Å². The highest BCUT2D eigenvalue weighted by molar-refractivity contribution is 5.26. The van der Waals surface area contributed by atoms with Crippen LogP contribution in [-0.4, -0.2) is 106 Å². The summed E-state index contributed by atoms with van der Waals surface area (Å²) in [5.74, 6) is -2.85. The molecule has 4 saturated carbocycles. The van der Waals surface area contributed by atoms with Crippen molar-refractivity contribution in [3.63, 3.8) is 0 Å². The van der Waals surface area contributed by atoms with Crippen LogP contribution in [-0.2, 0) is 37.9 Å². The van der Waals surface area contributed by atoms with Gasteiger partial charge in [-0.1, -0.05) is 6.92 Å². The maximum absolute atomic E-state index is 14.1. The first-order valence-corrected chi connectivity index (χ1v) is 15.3.